The van der Waals surface area contributed by atoms with Crippen LogP contribution < -0.4 is 5.32 Å². The molecule has 3 aromatic heterocycles. The summed E-state index contributed by atoms with van der Waals surface area (Å²) in [5.41, 5.74) is 2.01. The van der Waals surface area contributed by atoms with E-state index in [9.17, 15) is 9.18 Å². The summed E-state index contributed by atoms with van der Waals surface area (Å²) >= 11 is 0. The third-order valence-corrected chi connectivity index (χ3v) is 4.80. The number of nitrogens with one attached hydrogen (secondary N) is 1. The molecular formula is C22H15FN6O2. The molecule has 5 rings (SSSR count). The Balaban J connectivity index is 1.56. The minimum atomic E-state index is -0.576. The molecule has 0 atom stereocenters. The summed E-state index contributed by atoms with van der Waals surface area (Å²) in [6, 6.07) is 16.6. The molecule has 0 fully saturated rings. The average molecular weight is 414 g/mol. The van der Waals surface area contributed by atoms with Gasteiger partial charge in [0.2, 0.25) is 0 Å². The molecule has 3 heterocycles. The number of aryl methyl sites for hydroxylation is 1. The molecule has 0 unspecified atom stereocenters. The number of carbonyl (C=O) groups is 1. The van der Waals surface area contributed by atoms with Crippen LogP contribution in [0, 0.1) is 12.7 Å². The lowest BCUT2D eigenvalue weighted by molar-refractivity contribution is 0.102. The van der Waals surface area contributed by atoms with Crippen molar-refractivity contribution in [2.45, 2.75) is 6.92 Å². The van der Waals surface area contributed by atoms with Gasteiger partial charge in [0, 0.05) is 5.39 Å². The SMILES string of the molecule is Cc1nnnn1-c1ccc(F)c(NC(=O)c2cc(-c3ccco3)nc3ccccc23)c1. The van der Waals surface area contributed by atoms with Gasteiger partial charge >= 0.3 is 0 Å². The summed E-state index contributed by atoms with van der Waals surface area (Å²) in [5.74, 6) is 0.0116. The van der Waals surface area contributed by atoms with Gasteiger partial charge in [-0.15, -0.1) is 5.10 Å². The quantitative estimate of drug-likeness (QED) is 0.474. The zero-order chi connectivity index (χ0) is 21.4. The number of nitrogens with zero attached hydrogens (tertiary/aromatic N) is 5. The van der Waals surface area contributed by atoms with E-state index in [0.717, 1.165) is 0 Å². The number of para-hydroxylation sites is 1. The summed E-state index contributed by atoms with van der Waals surface area (Å²) in [4.78, 5) is 17.8. The molecule has 0 saturated carbocycles. The van der Waals surface area contributed by atoms with Crippen molar-refractivity contribution in [3.8, 4) is 17.1 Å². The molecule has 0 aliphatic heterocycles. The van der Waals surface area contributed by atoms with Gasteiger partial charge in [-0.2, -0.15) is 4.68 Å². The van der Waals surface area contributed by atoms with Crippen molar-refractivity contribution in [3.63, 3.8) is 0 Å². The van der Waals surface area contributed by atoms with Crippen molar-refractivity contribution in [2.75, 3.05) is 5.32 Å². The van der Waals surface area contributed by atoms with Gasteiger partial charge in [-0.25, -0.2) is 9.37 Å². The van der Waals surface area contributed by atoms with E-state index in [-0.39, 0.29) is 5.69 Å². The van der Waals surface area contributed by atoms with Gasteiger partial charge in [0.15, 0.2) is 11.6 Å². The summed E-state index contributed by atoms with van der Waals surface area (Å²) < 4.78 is 21.4. The molecule has 1 amide bonds. The highest BCUT2D eigenvalue weighted by Crippen LogP contribution is 2.27. The van der Waals surface area contributed by atoms with Gasteiger partial charge in [-0.05, 0) is 59.8 Å². The predicted octanol–water partition coefficient (Wildman–Crippen LogP) is 4.17. The zero-order valence-electron chi connectivity index (χ0n) is 16.3. The molecule has 1 N–H and O–H groups in total. The number of hydrogen-bond donors (Lipinski definition) is 1. The Labute approximate surface area is 175 Å². The fourth-order valence-electron chi connectivity index (χ4n) is 3.31. The monoisotopic (exact) mass is 414 g/mol. The second-order valence-electron chi connectivity index (χ2n) is 6.81. The first-order valence-corrected chi connectivity index (χ1v) is 9.40. The Morgan fingerprint density at radius 1 is 1.10 bits per heavy atom. The number of halogens is 1. The zero-order valence-corrected chi connectivity index (χ0v) is 16.3. The Bertz CT molecular complexity index is 1410. The van der Waals surface area contributed by atoms with Crippen LogP contribution in [0.1, 0.15) is 16.2 Å². The highest BCUT2D eigenvalue weighted by Gasteiger charge is 2.17. The molecule has 31 heavy (non-hydrogen) atoms. The van der Waals surface area contributed by atoms with Crippen LogP contribution in [-0.2, 0) is 0 Å². The number of benzene rings is 2. The van der Waals surface area contributed by atoms with Crippen LogP contribution in [0.2, 0.25) is 0 Å². The number of carbonyl (C=O) groups excluding carboxylic acids is 1. The maximum atomic E-state index is 14.5. The van der Waals surface area contributed by atoms with Crippen LogP contribution in [0.15, 0.2) is 71.3 Å². The van der Waals surface area contributed by atoms with Crippen LogP contribution in [0.3, 0.4) is 0 Å². The first kappa shape index (κ1) is 18.6. The van der Waals surface area contributed by atoms with Gasteiger partial charge in [0.25, 0.3) is 5.91 Å². The van der Waals surface area contributed by atoms with Crippen molar-refractivity contribution < 1.29 is 13.6 Å². The van der Waals surface area contributed by atoms with E-state index in [2.05, 4.69) is 25.8 Å². The second kappa shape index (κ2) is 7.45. The highest BCUT2D eigenvalue weighted by molar-refractivity contribution is 6.13. The molecule has 0 saturated heterocycles. The van der Waals surface area contributed by atoms with Crippen LogP contribution >= 0.6 is 0 Å². The topological polar surface area (TPSA) is 98.7 Å². The first-order chi connectivity index (χ1) is 15.1. The van der Waals surface area contributed by atoms with E-state index in [1.54, 1.807) is 37.3 Å². The Morgan fingerprint density at radius 2 is 1.97 bits per heavy atom. The van der Waals surface area contributed by atoms with E-state index in [1.807, 2.05) is 12.1 Å². The van der Waals surface area contributed by atoms with Crippen LogP contribution in [0.25, 0.3) is 28.0 Å². The van der Waals surface area contributed by atoms with E-state index in [1.165, 1.54) is 29.1 Å². The van der Waals surface area contributed by atoms with Crippen LogP contribution in [-0.4, -0.2) is 31.1 Å². The third-order valence-electron chi connectivity index (χ3n) is 4.80. The van der Waals surface area contributed by atoms with Crippen molar-refractivity contribution in [3.05, 3.63) is 84.1 Å². The molecule has 152 valence electrons. The number of tetrazole rings is 1. The largest absolute Gasteiger partial charge is 0.463 e. The van der Waals surface area contributed by atoms with Gasteiger partial charge in [-0.1, -0.05) is 18.2 Å². The van der Waals surface area contributed by atoms with Crippen LogP contribution in [0.4, 0.5) is 10.1 Å². The lowest BCUT2D eigenvalue weighted by atomic mass is 10.1. The molecule has 2 aromatic carbocycles. The molecule has 8 nitrogen and oxygen atoms in total. The Morgan fingerprint density at radius 3 is 2.74 bits per heavy atom. The van der Waals surface area contributed by atoms with Crippen LogP contribution in [0.5, 0.6) is 0 Å². The smallest absolute Gasteiger partial charge is 0.256 e. The van der Waals surface area contributed by atoms with Crippen molar-refractivity contribution in [1.82, 2.24) is 25.2 Å². The molecule has 0 spiro atoms. The number of aromatic nitrogens is 5. The molecule has 0 aliphatic rings. The van der Waals surface area contributed by atoms with Crippen molar-refractivity contribution in [2.24, 2.45) is 0 Å². The Hall–Kier alpha value is -4.40. The van der Waals surface area contributed by atoms with Gasteiger partial charge in [-0.3, -0.25) is 4.79 Å². The van der Waals surface area contributed by atoms with Gasteiger partial charge in [0.1, 0.15) is 11.5 Å². The molecule has 0 bridgehead atoms. The standard InChI is InChI=1S/C22H15FN6O2/c1-13-26-27-28-29(13)14-8-9-17(23)19(11-14)25-22(30)16-12-20(21-7-4-10-31-21)24-18-6-3-2-5-15(16)18/h2-12H,1H3,(H,25,30). The van der Waals surface area contributed by atoms with Crippen molar-refractivity contribution in [1.29, 1.82) is 0 Å². The minimum Gasteiger partial charge on any atom is -0.463 e. The second-order valence-corrected chi connectivity index (χ2v) is 6.81. The van der Waals surface area contributed by atoms with E-state index in [0.29, 0.717) is 39.4 Å². The van der Waals surface area contributed by atoms with E-state index in [4.69, 9.17) is 4.42 Å². The fourth-order valence-corrected chi connectivity index (χ4v) is 3.31. The maximum Gasteiger partial charge on any atom is 0.256 e. The summed E-state index contributed by atoms with van der Waals surface area (Å²) in [6.07, 6.45) is 1.54. The van der Waals surface area contributed by atoms with E-state index >= 15 is 0 Å². The first-order valence-electron chi connectivity index (χ1n) is 9.40. The minimum absolute atomic E-state index is 0.0119. The lowest BCUT2D eigenvalue weighted by Crippen LogP contribution is -2.14. The number of rotatable bonds is 4. The summed E-state index contributed by atoms with van der Waals surface area (Å²) in [5, 5.41) is 14.6. The molecular weight excluding hydrogens is 399 g/mol. The number of anilines is 1. The molecule has 9 heteroatoms. The maximum absolute atomic E-state index is 14.5. The average Bonchev–Trinajstić information content (AvgIpc) is 3.46. The summed E-state index contributed by atoms with van der Waals surface area (Å²) in [7, 11) is 0. The molecule has 0 radical (unpaired) electrons. The van der Waals surface area contributed by atoms with Crippen molar-refractivity contribution >= 4 is 22.5 Å². The number of furan rings is 1. The van der Waals surface area contributed by atoms with E-state index < -0.39 is 11.7 Å². The molecule has 0 aliphatic carbocycles. The van der Waals surface area contributed by atoms with Gasteiger partial charge < -0.3 is 9.73 Å². The third kappa shape index (κ3) is 3.42. The molecule has 5 aromatic rings. The van der Waals surface area contributed by atoms with Gasteiger partial charge in [0.05, 0.1) is 28.7 Å². The number of hydrogen-bond acceptors (Lipinski definition) is 6. The fraction of sp³-hybridized carbons (Fsp3) is 0.0455. The number of fused-ring (bicyclic) bond motifs is 1. The summed E-state index contributed by atoms with van der Waals surface area (Å²) in [6.45, 7) is 1.72. The lowest BCUT2D eigenvalue weighted by Gasteiger charge is -2.11. The normalized spacial score (nSPS) is 11.0. The predicted molar refractivity (Wildman–Crippen MR) is 111 cm³/mol. The number of pyridine rings is 1. The number of amides is 1. The Kier molecular flexibility index (Phi) is 4.47. The highest BCUT2D eigenvalue weighted by atomic mass is 19.1.